The number of hydrogen-bond acceptors (Lipinski definition) is 9. The number of carbonyl (C=O) groups is 4. The van der Waals surface area contributed by atoms with Crippen molar-refractivity contribution in [3.63, 3.8) is 0 Å². The lowest BCUT2D eigenvalue weighted by Crippen LogP contribution is -2.58. The van der Waals surface area contributed by atoms with E-state index >= 15 is 0 Å². The summed E-state index contributed by atoms with van der Waals surface area (Å²) >= 11 is 1.57. The average Bonchev–Trinajstić information content (AvgIpc) is 3.71. The first kappa shape index (κ1) is 37.2. The van der Waals surface area contributed by atoms with Crippen LogP contribution in [0.5, 0.6) is 11.5 Å². The molecule has 51 heavy (non-hydrogen) atoms. The molecular formula is C38H42N4O8S. The number of thiazole rings is 1. The van der Waals surface area contributed by atoms with E-state index in [4.69, 9.17) is 14.6 Å². The van der Waals surface area contributed by atoms with Gasteiger partial charge in [-0.2, -0.15) is 0 Å². The SMILES string of the molecule is Cc1ncsc1-c1ccc(CNC(=O)[C@@H]2C[C@@H](O)CN2C(=O)C(NC(=O)COCc2ccc(Oc3ccc(C(=O)O)cc3)cc2)C(C)(C)C)cc1. The van der Waals surface area contributed by atoms with Crippen molar-refractivity contribution >= 4 is 35.0 Å². The normalized spacial score (nSPS) is 16.4. The molecule has 0 spiro atoms. The Labute approximate surface area is 300 Å². The van der Waals surface area contributed by atoms with Gasteiger partial charge in [0.1, 0.15) is 30.2 Å². The van der Waals surface area contributed by atoms with Gasteiger partial charge < -0.3 is 35.2 Å². The predicted molar refractivity (Wildman–Crippen MR) is 191 cm³/mol. The number of benzene rings is 3. The number of hydrogen-bond donors (Lipinski definition) is 4. The van der Waals surface area contributed by atoms with Crippen molar-refractivity contribution in [2.24, 2.45) is 5.41 Å². The van der Waals surface area contributed by atoms with Gasteiger partial charge in [0.25, 0.3) is 0 Å². The predicted octanol–water partition coefficient (Wildman–Crippen LogP) is 4.93. The zero-order chi connectivity index (χ0) is 36.7. The van der Waals surface area contributed by atoms with Crippen LogP contribution in [0.25, 0.3) is 10.4 Å². The third-order valence-electron chi connectivity index (χ3n) is 8.47. The summed E-state index contributed by atoms with van der Waals surface area (Å²) < 4.78 is 11.4. The van der Waals surface area contributed by atoms with Crippen molar-refractivity contribution in [1.29, 1.82) is 0 Å². The topological polar surface area (TPSA) is 167 Å². The highest BCUT2D eigenvalue weighted by molar-refractivity contribution is 7.13. The van der Waals surface area contributed by atoms with Crippen LogP contribution in [-0.2, 0) is 32.3 Å². The standard InChI is InChI=1S/C38H42N4O8S/c1-23-33(51-22-40-23)26-9-5-24(6-10-26)18-39-35(45)31-17-28(43)19-42(31)36(46)34(38(2,3)4)41-32(44)21-49-20-25-7-13-29(14-8-25)50-30-15-11-27(12-16-30)37(47)48/h5-16,22,28,31,34,43H,17-21H2,1-4H3,(H,39,45)(H,41,44)(H,47,48)/t28-,31+,34?/m1/s1. The van der Waals surface area contributed by atoms with Gasteiger partial charge in [-0.15, -0.1) is 11.3 Å². The van der Waals surface area contributed by atoms with E-state index in [1.807, 2.05) is 52.0 Å². The lowest BCUT2D eigenvalue weighted by molar-refractivity contribution is -0.144. The molecule has 13 heteroatoms. The number of amides is 3. The molecule has 1 unspecified atom stereocenters. The molecule has 12 nitrogen and oxygen atoms in total. The zero-order valence-corrected chi connectivity index (χ0v) is 29.7. The first-order chi connectivity index (χ1) is 24.3. The van der Waals surface area contributed by atoms with Gasteiger partial charge in [-0.1, -0.05) is 57.2 Å². The smallest absolute Gasteiger partial charge is 0.335 e. The maximum absolute atomic E-state index is 13.9. The third kappa shape index (κ3) is 9.78. The lowest BCUT2D eigenvalue weighted by atomic mass is 9.85. The minimum absolute atomic E-state index is 0.0217. The summed E-state index contributed by atoms with van der Waals surface area (Å²) in [5.41, 5.74) is 4.94. The fraction of sp³-hybridized carbons (Fsp3) is 0.342. The molecule has 1 aliphatic heterocycles. The number of aromatic carboxylic acids is 1. The van der Waals surface area contributed by atoms with Crippen LogP contribution in [0.1, 0.15) is 54.4 Å². The molecule has 3 atom stereocenters. The van der Waals surface area contributed by atoms with Gasteiger partial charge in [0.05, 0.1) is 34.4 Å². The largest absolute Gasteiger partial charge is 0.478 e. The second-order valence-corrected chi connectivity index (χ2v) is 14.4. The van der Waals surface area contributed by atoms with E-state index in [-0.39, 0.29) is 44.2 Å². The monoisotopic (exact) mass is 714 g/mol. The molecular weight excluding hydrogens is 673 g/mol. The van der Waals surface area contributed by atoms with Crippen molar-refractivity contribution in [3.05, 3.63) is 101 Å². The van der Waals surface area contributed by atoms with Gasteiger partial charge >= 0.3 is 5.97 Å². The van der Waals surface area contributed by atoms with Crippen LogP contribution in [0.15, 0.2) is 78.3 Å². The molecule has 1 aliphatic rings. The van der Waals surface area contributed by atoms with Gasteiger partial charge in [0.2, 0.25) is 17.7 Å². The number of ether oxygens (including phenoxy) is 2. The van der Waals surface area contributed by atoms with Crippen LogP contribution in [0.3, 0.4) is 0 Å². The van der Waals surface area contributed by atoms with Crippen molar-refractivity contribution in [2.75, 3.05) is 13.2 Å². The van der Waals surface area contributed by atoms with Crippen LogP contribution < -0.4 is 15.4 Å². The molecule has 4 N–H and O–H groups in total. The van der Waals surface area contributed by atoms with Gasteiger partial charge in [0.15, 0.2) is 0 Å². The van der Waals surface area contributed by atoms with E-state index in [1.165, 1.54) is 17.0 Å². The summed E-state index contributed by atoms with van der Waals surface area (Å²) in [6.45, 7) is 7.48. The Morgan fingerprint density at radius 1 is 0.961 bits per heavy atom. The number of nitrogens with one attached hydrogen (secondary N) is 2. The number of aliphatic hydroxyl groups excluding tert-OH is 1. The van der Waals surface area contributed by atoms with Crippen LogP contribution in [0, 0.1) is 12.3 Å². The Morgan fingerprint density at radius 2 is 1.59 bits per heavy atom. The number of aryl methyl sites for hydroxylation is 1. The van der Waals surface area contributed by atoms with Crippen molar-refractivity contribution < 1.29 is 38.9 Å². The number of carboxylic acid groups (broad SMARTS) is 1. The maximum Gasteiger partial charge on any atom is 0.335 e. The summed E-state index contributed by atoms with van der Waals surface area (Å²) in [5.74, 6) is -1.31. The lowest BCUT2D eigenvalue weighted by Gasteiger charge is -2.35. The molecule has 0 aliphatic carbocycles. The summed E-state index contributed by atoms with van der Waals surface area (Å²) in [6, 6.07) is 19.1. The number of rotatable bonds is 13. The molecule has 0 bridgehead atoms. The second kappa shape index (κ2) is 16.3. The van der Waals surface area contributed by atoms with Crippen LogP contribution >= 0.6 is 11.3 Å². The number of carbonyl (C=O) groups excluding carboxylic acids is 3. The Balaban J connectivity index is 1.12. The van der Waals surface area contributed by atoms with Crippen molar-refractivity contribution in [2.45, 2.75) is 65.5 Å². The fourth-order valence-corrected chi connectivity index (χ4v) is 6.51. The third-order valence-corrected chi connectivity index (χ3v) is 9.45. The Hall–Kier alpha value is -5.11. The molecule has 4 aromatic rings. The summed E-state index contributed by atoms with van der Waals surface area (Å²) in [7, 11) is 0. The zero-order valence-electron chi connectivity index (χ0n) is 28.9. The van der Waals surface area contributed by atoms with E-state index in [2.05, 4.69) is 15.6 Å². The molecule has 1 saturated heterocycles. The average molecular weight is 715 g/mol. The summed E-state index contributed by atoms with van der Waals surface area (Å²) in [6.07, 6.45) is -0.781. The second-order valence-electron chi connectivity index (χ2n) is 13.5. The molecule has 3 aromatic carbocycles. The molecule has 2 heterocycles. The molecule has 1 fully saturated rings. The number of nitrogens with zero attached hydrogens (tertiary/aromatic N) is 2. The highest BCUT2D eigenvalue weighted by atomic mass is 32.1. The van der Waals surface area contributed by atoms with E-state index < -0.39 is 41.4 Å². The van der Waals surface area contributed by atoms with Crippen molar-refractivity contribution in [3.8, 4) is 21.9 Å². The first-order valence-corrected chi connectivity index (χ1v) is 17.4. The highest BCUT2D eigenvalue weighted by Gasteiger charge is 2.44. The molecule has 0 saturated carbocycles. The van der Waals surface area contributed by atoms with Gasteiger partial charge in [-0.25, -0.2) is 9.78 Å². The number of aliphatic hydroxyl groups is 1. The number of aromatic nitrogens is 1. The fourth-order valence-electron chi connectivity index (χ4n) is 5.70. The first-order valence-electron chi connectivity index (χ1n) is 16.5. The van der Waals surface area contributed by atoms with E-state index in [0.717, 1.165) is 27.3 Å². The molecule has 3 amide bonds. The summed E-state index contributed by atoms with van der Waals surface area (Å²) in [5, 5.41) is 25.2. The molecule has 5 rings (SSSR count). The number of likely N-dealkylation sites (tertiary alicyclic amines) is 1. The van der Waals surface area contributed by atoms with E-state index in [0.29, 0.717) is 11.5 Å². The van der Waals surface area contributed by atoms with Crippen LogP contribution in [0.4, 0.5) is 0 Å². The molecule has 268 valence electrons. The van der Waals surface area contributed by atoms with E-state index in [9.17, 15) is 24.3 Å². The van der Waals surface area contributed by atoms with Crippen LogP contribution in [-0.4, -0.2) is 75.1 Å². The minimum Gasteiger partial charge on any atom is -0.478 e. The molecule has 1 aromatic heterocycles. The van der Waals surface area contributed by atoms with E-state index in [1.54, 1.807) is 53.2 Å². The highest BCUT2D eigenvalue weighted by Crippen LogP contribution is 2.29. The Bertz CT molecular complexity index is 1840. The van der Waals surface area contributed by atoms with Gasteiger partial charge in [-0.05, 0) is 65.4 Å². The number of carboxylic acids is 1. The van der Waals surface area contributed by atoms with Crippen molar-refractivity contribution in [1.82, 2.24) is 20.5 Å². The molecule has 0 radical (unpaired) electrons. The Morgan fingerprint density at radius 3 is 2.18 bits per heavy atom. The maximum atomic E-state index is 13.9. The summed E-state index contributed by atoms with van der Waals surface area (Å²) in [4.78, 5) is 58.0. The Kier molecular flexibility index (Phi) is 11.9. The number of β-amino-alcohol motifs (C(OH)–C–C–N with tert-alkyl or cyclic N) is 1. The quantitative estimate of drug-likeness (QED) is 0.150. The van der Waals surface area contributed by atoms with Crippen LogP contribution in [0.2, 0.25) is 0 Å². The minimum atomic E-state index is -1.02. The van der Waals surface area contributed by atoms with Gasteiger partial charge in [-0.3, -0.25) is 14.4 Å². The van der Waals surface area contributed by atoms with Gasteiger partial charge in [0, 0.05) is 19.5 Å².